The van der Waals surface area contributed by atoms with Crippen molar-refractivity contribution in [3.63, 3.8) is 0 Å². The van der Waals surface area contributed by atoms with Crippen molar-refractivity contribution in [3.05, 3.63) is 34.2 Å². The summed E-state index contributed by atoms with van der Waals surface area (Å²) in [4.78, 5) is 0. The quantitative estimate of drug-likeness (QED) is 0.367. The molecule has 3 heterocycles. The van der Waals surface area contributed by atoms with Crippen LogP contribution in [-0.4, -0.2) is 37.3 Å². The first-order valence-electron chi connectivity index (χ1n) is 10.8. The van der Waals surface area contributed by atoms with Gasteiger partial charge in [0.25, 0.3) is 6.71 Å². The summed E-state index contributed by atoms with van der Waals surface area (Å²) < 4.78 is 0. The fourth-order valence-corrected chi connectivity index (χ4v) is 4.36. The van der Waals surface area contributed by atoms with Gasteiger partial charge >= 0.3 is 0 Å². The number of nitrogens with zero attached hydrogens (tertiary/aromatic N) is 3. The second-order valence-electron chi connectivity index (χ2n) is 7.24. The van der Waals surface area contributed by atoms with Crippen molar-refractivity contribution in [2.24, 2.45) is 0 Å². The van der Waals surface area contributed by atoms with Crippen molar-refractivity contribution in [1.82, 2.24) is 30.6 Å². The number of H-pyrrole nitrogens is 3. The molecule has 0 aromatic carbocycles. The molecule has 0 saturated carbocycles. The number of aromatic amines is 3. The van der Waals surface area contributed by atoms with Crippen LogP contribution in [0.25, 0.3) is 0 Å². The molecule has 3 N–H and O–H groups in total. The monoisotopic (exact) mass is 536 g/mol. The summed E-state index contributed by atoms with van der Waals surface area (Å²) in [6.45, 7) is 13.2. The van der Waals surface area contributed by atoms with Gasteiger partial charge in [-0.3, -0.25) is 15.3 Å². The van der Waals surface area contributed by atoms with Crippen LogP contribution in [0.15, 0.2) is 0 Å². The number of hydrogen-bond donors (Lipinski definition) is 3. The zero-order valence-electron chi connectivity index (χ0n) is 19.9. The van der Waals surface area contributed by atoms with Crippen LogP contribution in [0.5, 0.6) is 0 Å². The van der Waals surface area contributed by atoms with Gasteiger partial charge in [0.1, 0.15) is 0 Å². The van der Waals surface area contributed by atoms with Crippen LogP contribution >= 0.6 is 37.2 Å². The maximum atomic E-state index is 4.68. The molecule has 0 aliphatic rings. The van der Waals surface area contributed by atoms with Crippen LogP contribution in [0.2, 0.25) is 0 Å². The van der Waals surface area contributed by atoms with E-state index in [4.69, 9.17) is 0 Å². The summed E-state index contributed by atoms with van der Waals surface area (Å²) in [5, 5.41) is 24.0. The Morgan fingerprint density at radius 2 is 0.750 bits per heavy atom. The van der Waals surface area contributed by atoms with Crippen LogP contribution in [0, 0.1) is 0 Å². The van der Waals surface area contributed by atoms with E-state index in [0.717, 1.165) is 55.6 Å². The fourth-order valence-electron chi connectivity index (χ4n) is 4.36. The first-order valence-corrected chi connectivity index (χ1v) is 10.8. The van der Waals surface area contributed by atoms with Gasteiger partial charge in [-0.1, -0.05) is 41.5 Å². The van der Waals surface area contributed by atoms with E-state index in [1.807, 2.05) is 0 Å². The molecule has 3 aromatic heterocycles. The van der Waals surface area contributed by atoms with Gasteiger partial charge < -0.3 is 0 Å². The van der Waals surface area contributed by atoms with E-state index in [1.165, 1.54) is 33.5 Å². The molecule has 11 heteroatoms. The van der Waals surface area contributed by atoms with E-state index in [9.17, 15) is 0 Å². The Labute approximate surface area is 225 Å². The smallest absolute Gasteiger partial charge is 0.255 e. The first kappa shape index (κ1) is 33.5. The summed E-state index contributed by atoms with van der Waals surface area (Å²) >= 11 is 0. The summed E-state index contributed by atoms with van der Waals surface area (Å²) in [5.41, 5.74) is 11.1. The van der Waals surface area contributed by atoms with Crippen molar-refractivity contribution in [2.45, 2.75) is 80.1 Å². The predicted octanol–water partition coefficient (Wildman–Crippen LogP) is 3.01. The normalized spacial score (nSPS) is 9.94. The Kier molecular flexibility index (Phi) is 15.9. The van der Waals surface area contributed by atoms with E-state index >= 15 is 0 Å². The van der Waals surface area contributed by atoms with Crippen LogP contribution in [-0.2, 0) is 60.2 Å². The zero-order chi connectivity index (χ0) is 20.3. The number of halogens is 3. The third kappa shape index (κ3) is 6.04. The molecular formula is C21H36BCl3N6Ti. The first-order chi connectivity index (χ1) is 13.6. The van der Waals surface area contributed by atoms with Crippen molar-refractivity contribution >= 4 is 60.3 Å². The summed E-state index contributed by atoms with van der Waals surface area (Å²) in [5.74, 6) is 0. The number of rotatable bonds is 9. The Balaban J connectivity index is 0. The molecule has 0 saturated heterocycles. The minimum absolute atomic E-state index is 0. The molecule has 3 rings (SSSR count). The Morgan fingerprint density at radius 1 is 0.500 bits per heavy atom. The van der Waals surface area contributed by atoms with Gasteiger partial charge in [-0.25, -0.2) is 0 Å². The van der Waals surface area contributed by atoms with Gasteiger partial charge in [-0.15, -0.1) is 37.2 Å². The van der Waals surface area contributed by atoms with E-state index in [0.29, 0.717) is 0 Å². The molecule has 0 atom stereocenters. The van der Waals surface area contributed by atoms with E-state index in [-0.39, 0.29) is 65.7 Å². The zero-order valence-corrected chi connectivity index (χ0v) is 23.9. The second-order valence-corrected chi connectivity index (χ2v) is 7.24. The predicted molar refractivity (Wildman–Crippen MR) is 138 cm³/mol. The standard InChI is InChI=1S/C21H33BN6.3ClH.Ti/c1-7-13-19(14(8-2)24-23-13)22(20-15(9-3)25-26-16(20)10-4)21-17(11-5)27-28-18(21)12-6;;;;/h7-12H2,1-6H3,(H,23,24)(H,25,26)(H,27,28);3*1H;. The van der Waals surface area contributed by atoms with Crippen LogP contribution in [0.3, 0.4) is 0 Å². The van der Waals surface area contributed by atoms with E-state index < -0.39 is 0 Å². The molecule has 0 spiro atoms. The minimum Gasteiger partial charge on any atom is -0.283 e. The topological polar surface area (TPSA) is 86.0 Å². The van der Waals surface area contributed by atoms with Crippen LogP contribution in [0.4, 0.5) is 0 Å². The molecule has 6 nitrogen and oxygen atoms in total. The maximum absolute atomic E-state index is 4.68. The minimum atomic E-state index is 0. The van der Waals surface area contributed by atoms with Gasteiger partial charge in [-0.2, -0.15) is 15.3 Å². The average molecular weight is 538 g/mol. The third-order valence-electron chi connectivity index (χ3n) is 5.82. The van der Waals surface area contributed by atoms with Gasteiger partial charge in [0, 0.05) is 38.8 Å². The molecule has 178 valence electrons. The molecular weight excluding hydrogens is 501 g/mol. The Hall–Kier alpha value is -0.721. The van der Waals surface area contributed by atoms with Gasteiger partial charge in [0.15, 0.2) is 0 Å². The average Bonchev–Trinajstić information content (AvgIpc) is 3.44. The summed E-state index contributed by atoms with van der Waals surface area (Å²) in [7, 11) is 0. The van der Waals surface area contributed by atoms with Crippen molar-refractivity contribution in [2.75, 3.05) is 0 Å². The number of nitrogens with one attached hydrogen (secondary N) is 3. The molecule has 0 bridgehead atoms. The largest absolute Gasteiger partial charge is 0.283 e. The van der Waals surface area contributed by atoms with Gasteiger partial charge in [0.05, 0.1) is 17.1 Å². The van der Waals surface area contributed by atoms with Crippen LogP contribution < -0.4 is 16.4 Å². The summed E-state index contributed by atoms with van der Waals surface area (Å²) in [6.07, 6.45) is 5.51. The fraction of sp³-hybridized carbons (Fsp3) is 0.571. The SMILES string of the molecule is CCc1n[nH]c(CC)c1B(c1c(CC)n[nH]c1CC)c1c(CC)n[nH]c1CC.Cl.Cl.Cl.[Ti]. The molecule has 0 radical (unpaired) electrons. The molecule has 0 unspecified atom stereocenters. The number of aromatic nitrogens is 6. The molecule has 3 aromatic rings. The van der Waals surface area contributed by atoms with E-state index in [1.54, 1.807) is 0 Å². The van der Waals surface area contributed by atoms with Crippen molar-refractivity contribution in [1.29, 1.82) is 0 Å². The molecule has 0 aliphatic carbocycles. The third-order valence-corrected chi connectivity index (χ3v) is 5.82. The summed E-state index contributed by atoms with van der Waals surface area (Å²) in [6, 6.07) is 0. The Bertz CT molecular complexity index is 756. The molecule has 0 amide bonds. The van der Waals surface area contributed by atoms with E-state index in [2.05, 4.69) is 72.1 Å². The number of hydrogen-bond acceptors (Lipinski definition) is 3. The molecule has 0 aliphatic heterocycles. The number of aryl methyl sites for hydroxylation is 6. The van der Waals surface area contributed by atoms with Gasteiger partial charge in [-0.05, 0) is 54.9 Å². The maximum Gasteiger partial charge on any atom is 0.255 e. The van der Waals surface area contributed by atoms with Gasteiger partial charge in [0.2, 0.25) is 0 Å². The molecule has 0 fully saturated rings. The van der Waals surface area contributed by atoms with Crippen molar-refractivity contribution < 1.29 is 21.7 Å². The molecule has 32 heavy (non-hydrogen) atoms. The second kappa shape index (κ2) is 15.2. The Morgan fingerprint density at radius 3 is 0.938 bits per heavy atom. The van der Waals surface area contributed by atoms with Crippen LogP contribution in [0.1, 0.15) is 75.7 Å². The van der Waals surface area contributed by atoms with Crippen molar-refractivity contribution in [3.8, 4) is 0 Å².